The highest BCUT2D eigenvalue weighted by molar-refractivity contribution is 5.92. The standard InChI is InChI=1S/C20H24N4O10/c1-9(2)18(27)34-23-12-6-7-24(20(29)22-12)17-16-15(32-13(25)4-5-14(26)33-16)11(31-17)8-30-19(28)10(3)21/h4-7,9-11,15-17H,8,21H2,1-3H3,(H,22,23,29)/b5-4-/t10-,11+,15?,16-,17+/m0/s1. The third-order valence-electron chi connectivity index (χ3n) is 4.74. The number of nitrogens with zero attached hydrogens (tertiary/aromatic N) is 2. The van der Waals surface area contributed by atoms with Gasteiger partial charge in [-0.05, 0) is 6.92 Å². The summed E-state index contributed by atoms with van der Waals surface area (Å²) >= 11 is 0. The van der Waals surface area contributed by atoms with E-state index in [-0.39, 0.29) is 12.4 Å². The molecule has 34 heavy (non-hydrogen) atoms. The van der Waals surface area contributed by atoms with E-state index in [1.165, 1.54) is 19.2 Å². The molecule has 0 bridgehead atoms. The number of hydrogen-bond donors (Lipinski definition) is 2. The number of esters is 3. The Labute approximate surface area is 192 Å². The quantitative estimate of drug-likeness (QED) is 0.274. The van der Waals surface area contributed by atoms with Gasteiger partial charge in [-0.1, -0.05) is 13.8 Å². The Bertz CT molecular complexity index is 1050. The third-order valence-corrected chi connectivity index (χ3v) is 4.74. The van der Waals surface area contributed by atoms with Crippen LogP contribution >= 0.6 is 0 Å². The van der Waals surface area contributed by atoms with Crippen LogP contribution in [0.15, 0.2) is 29.2 Å². The number of aromatic nitrogens is 2. The molecule has 0 amide bonds. The van der Waals surface area contributed by atoms with Gasteiger partial charge in [0.2, 0.25) is 0 Å². The molecule has 5 atom stereocenters. The van der Waals surface area contributed by atoms with Crippen molar-refractivity contribution in [1.82, 2.24) is 9.55 Å². The van der Waals surface area contributed by atoms with Gasteiger partial charge in [0, 0.05) is 24.4 Å². The Morgan fingerprint density at radius 2 is 1.76 bits per heavy atom. The highest BCUT2D eigenvalue weighted by Crippen LogP contribution is 2.34. The van der Waals surface area contributed by atoms with Crippen molar-refractivity contribution < 1.29 is 43.0 Å². The number of anilines is 1. The van der Waals surface area contributed by atoms with Crippen LogP contribution in [0, 0.1) is 5.92 Å². The first-order valence-electron chi connectivity index (χ1n) is 10.3. The zero-order chi connectivity index (χ0) is 25.0. The summed E-state index contributed by atoms with van der Waals surface area (Å²) < 4.78 is 22.5. The molecule has 1 aromatic heterocycles. The highest BCUT2D eigenvalue weighted by atomic mass is 16.7. The first kappa shape index (κ1) is 24.9. The maximum absolute atomic E-state index is 12.7. The number of hydrogen-bond acceptors (Lipinski definition) is 13. The molecule has 2 aliphatic heterocycles. The summed E-state index contributed by atoms with van der Waals surface area (Å²) in [5.41, 5.74) is 6.90. The number of fused-ring (bicyclic) bond motifs is 1. The maximum Gasteiger partial charge on any atom is 0.351 e. The number of carbonyl (C=O) groups is 4. The Kier molecular flexibility index (Phi) is 7.63. The van der Waals surface area contributed by atoms with Gasteiger partial charge in [-0.15, -0.1) is 0 Å². The lowest BCUT2D eigenvalue weighted by Gasteiger charge is -2.25. The van der Waals surface area contributed by atoms with Gasteiger partial charge in [0.05, 0.1) is 5.92 Å². The molecule has 0 spiro atoms. The number of nitrogens with two attached hydrogens (primary N) is 1. The van der Waals surface area contributed by atoms with Crippen LogP contribution in [0.2, 0.25) is 0 Å². The second-order valence-electron chi connectivity index (χ2n) is 7.80. The molecular weight excluding hydrogens is 456 g/mol. The summed E-state index contributed by atoms with van der Waals surface area (Å²) in [7, 11) is 0. The fourth-order valence-corrected chi connectivity index (χ4v) is 3.00. The van der Waals surface area contributed by atoms with Crippen molar-refractivity contribution in [3.8, 4) is 0 Å². The Morgan fingerprint density at radius 3 is 2.35 bits per heavy atom. The summed E-state index contributed by atoms with van der Waals surface area (Å²) in [6.07, 6.45) is -1.83. The van der Waals surface area contributed by atoms with E-state index in [4.69, 9.17) is 29.5 Å². The summed E-state index contributed by atoms with van der Waals surface area (Å²) in [4.78, 5) is 68.7. The van der Waals surface area contributed by atoms with Crippen LogP contribution in [0.25, 0.3) is 0 Å². The minimum Gasteiger partial charge on any atom is -0.462 e. The van der Waals surface area contributed by atoms with Gasteiger partial charge >= 0.3 is 29.6 Å². The van der Waals surface area contributed by atoms with E-state index < -0.39 is 66.1 Å². The van der Waals surface area contributed by atoms with Crippen LogP contribution in [0.5, 0.6) is 0 Å². The molecule has 0 aromatic carbocycles. The van der Waals surface area contributed by atoms with Gasteiger partial charge in [0.1, 0.15) is 18.8 Å². The van der Waals surface area contributed by atoms with E-state index in [0.717, 1.165) is 16.7 Å². The predicted molar refractivity (Wildman–Crippen MR) is 110 cm³/mol. The smallest absolute Gasteiger partial charge is 0.351 e. The Morgan fingerprint density at radius 1 is 1.12 bits per heavy atom. The van der Waals surface area contributed by atoms with Gasteiger partial charge in [0.15, 0.2) is 24.3 Å². The summed E-state index contributed by atoms with van der Waals surface area (Å²) in [5, 5.41) is 0. The van der Waals surface area contributed by atoms with Gasteiger partial charge < -0.3 is 29.5 Å². The van der Waals surface area contributed by atoms with Crippen LogP contribution in [0.1, 0.15) is 27.0 Å². The molecular formula is C20H24N4O10. The number of nitrogens with one attached hydrogen (secondary N) is 1. The summed E-state index contributed by atoms with van der Waals surface area (Å²) in [6.45, 7) is 4.29. The van der Waals surface area contributed by atoms with Crippen LogP contribution in [-0.4, -0.2) is 64.4 Å². The first-order chi connectivity index (χ1) is 16.1. The lowest BCUT2D eigenvalue weighted by Crippen LogP contribution is -2.43. The highest BCUT2D eigenvalue weighted by Gasteiger charge is 2.51. The molecule has 1 unspecified atom stereocenters. The van der Waals surface area contributed by atoms with Crippen molar-refractivity contribution in [3.63, 3.8) is 0 Å². The molecule has 3 N–H and O–H groups in total. The minimum absolute atomic E-state index is 0.0590. The molecule has 3 heterocycles. The van der Waals surface area contributed by atoms with E-state index in [0.29, 0.717) is 0 Å². The molecule has 0 aliphatic carbocycles. The average molecular weight is 480 g/mol. The minimum atomic E-state index is -1.28. The van der Waals surface area contributed by atoms with E-state index >= 15 is 0 Å². The van der Waals surface area contributed by atoms with Gasteiger partial charge in [-0.2, -0.15) is 4.98 Å². The van der Waals surface area contributed by atoms with E-state index in [2.05, 4.69) is 10.5 Å². The van der Waals surface area contributed by atoms with Gasteiger partial charge in [-0.3, -0.25) is 9.36 Å². The van der Waals surface area contributed by atoms with Crippen molar-refractivity contribution in [2.75, 3.05) is 12.1 Å². The van der Waals surface area contributed by atoms with Crippen LogP contribution in [0.3, 0.4) is 0 Å². The normalized spacial score (nSPS) is 25.8. The third kappa shape index (κ3) is 5.77. The molecule has 1 aromatic rings. The Balaban J connectivity index is 1.85. The first-order valence-corrected chi connectivity index (χ1v) is 10.3. The molecule has 14 heteroatoms. The maximum atomic E-state index is 12.7. The topological polar surface area (TPSA) is 187 Å². The van der Waals surface area contributed by atoms with Crippen LogP contribution < -0.4 is 16.9 Å². The largest absolute Gasteiger partial charge is 0.462 e. The molecule has 3 rings (SSSR count). The summed E-state index contributed by atoms with van der Waals surface area (Å²) in [5.74, 6) is -3.48. The molecule has 0 radical (unpaired) electrons. The second kappa shape index (κ2) is 10.4. The molecule has 184 valence electrons. The van der Waals surface area contributed by atoms with Gasteiger partial charge in [-0.25, -0.2) is 24.7 Å². The lowest BCUT2D eigenvalue weighted by molar-refractivity contribution is -0.165. The average Bonchev–Trinajstić information content (AvgIpc) is 3.09. The number of ether oxygens (including phenoxy) is 4. The summed E-state index contributed by atoms with van der Waals surface area (Å²) in [6, 6.07) is 0.401. The van der Waals surface area contributed by atoms with E-state index in [1.807, 2.05) is 0 Å². The molecule has 1 fully saturated rings. The fourth-order valence-electron chi connectivity index (χ4n) is 3.00. The zero-order valence-corrected chi connectivity index (χ0v) is 18.5. The van der Waals surface area contributed by atoms with Crippen molar-refractivity contribution >= 4 is 29.7 Å². The van der Waals surface area contributed by atoms with E-state index in [9.17, 15) is 24.0 Å². The van der Waals surface area contributed by atoms with Crippen molar-refractivity contribution in [1.29, 1.82) is 0 Å². The van der Waals surface area contributed by atoms with Crippen LogP contribution in [-0.2, 0) is 43.0 Å². The second-order valence-corrected chi connectivity index (χ2v) is 7.80. The lowest BCUT2D eigenvalue weighted by atomic mass is 10.1. The van der Waals surface area contributed by atoms with Crippen molar-refractivity contribution in [3.05, 3.63) is 34.9 Å². The molecule has 2 aliphatic rings. The van der Waals surface area contributed by atoms with E-state index in [1.54, 1.807) is 13.8 Å². The number of rotatable bonds is 7. The SMILES string of the molecule is CC(C)C(=O)ONc1ccn([C@@H]2O[C@H](COC(=O)[C@H](C)N)C3OC(=O)/C=C\C(=O)O[C@@H]32)c(=O)n1. The Hall–Kier alpha value is -3.78. The number of carbonyl (C=O) groups excluding carboxylic acids is 4. The molecule has 14 nitrogen and oxygen atoms in total. The predicted octanol–water partition coefficient (Wildman–Crippen LogP) is -1.05. The van der Waals surface area contributed by atoms with Gasteiger partial charge in [0.25, 0.3) is 0 Å². The monoisotopic (exact) mass is 480 g/mol. The molecule has 0 saturated carbocycles. The van der Waals surface area contributed by atoms with Crippen molar-refractivity contribution in [2.45, 2.75) is 51.4 Å². The zero-order valence-electron chi connectivity index (χ0n) is 18.5. The molecule has 1 saturated heterocycles. The van der Waals surface area contributed by atoms with Crippen molar-refractivity contribution in [2.24, 2.45) is 11.7 Å². The fraction of sp³-hybridized carbons (Fsp3) is 0.500. The van der Waals surface area contributed by atoms with Crippen LogP contribution in [0.4, 0.5) is 5.82 Å².